The van der Waals surface area contributed by atoms with Crippen LogP contribution in [0.3, 0.4) is 0 Å². The monoisotopic (exact) mass is 598 g/mol. The van der Waals surface area contributed by atoms with E-state index in [9.17, 15) is 26.0 Å². The first-order valence-corrected chi connectivity index (χ1v) is 14.9. The van der Waals surface area contributed by atoms with E-state index in [2.05, 4.69) is 0 Å². The van der Waals surface area contributed by atoms with Crippen LogP contribution in [0.25, 0.3) is 11.1 Å². The normalized spacial score (nSPS) is 17.1. The molecule has 5 nitrogen and oxygen atoms in total. The van der Waals surface area contributed by atoms with Crippen LogP contribution < -0.4 is 9.64 Å². The Labute approximate surface area is 243 Å². The van der Waals surface area contributed by atoms with Crippen molar-refractivity contribution in [3.05, 3.63) is 102 Å². The summed E-state index contributed by atoms with van der Waals surface area (Å²) in [6.45, 7) is 4.43. The molecule has 0 saturated carbocycles. The first-order chi connectivity index (χ1) is 19.8. The molecule has 1 aliphatic rings. The Hall–Kier alpha value is -3.89. The second kappa shape index (κ2) is 11.4. The van der Waals surface area contributed by atoms with Crippen LogP contribution >= 0.6 is 0 Å². The predicted octanol–water partition coefficient (Wildman–Crippen LogP) is 8.49. The van der Waals surface area contributed by atoms with Gasteiger partial charge in [-0.05, 0) is 72.5 Å². The molecular formula is C32H30F4N2O3S. The molecule has 1 aliphatic heterocycles. The molecule has 1 heterocycles. The number of rotatable bonds is 6. The van der Waals surface area contributed by atoms with Crippen LogP contribution in [-0.4, -0.2) is 32.4 Å². The van der Waals surface area contributed by atoms with Crippen molar-refractivity contribution in [2.75, 3.05) is 18.5 Å². The Morgan fingerprint density at radius 1 is 0.929 bits per heavy atom. The van der Waals surface area contributed by atoms with Gasteiger partial charge in [-0.2, -0.15) is 17.5 Å². The summed E-state index contributed by atoms with van der Waals surface area (Å²) in [4.78, 5) is 1.97. The first-order valence-electron chi connectivity index (χ1n) is 13.4. The Bertz CT molecular complexity index is 1660. The van der Waals surface area contributed by atoms with Crippen LogP contribution in [0.15, 0.2) is 95.9 Å². The molecule has 10 heteroatoms. The van der Waals surface area contributed by atoms with Crippen molar-refractivity contribution in [2.24, 2.45) is 5.92 Å². The average molecular weight is 599 g/mol. The highest BCUT2D eigenvalue weighted by Crippen LogP contribution is 2.45. The molecule has 42 heavy (non-hydrogen) atoms. The van der Waals surface area contributed by atoms with Crippen LogP contribution in [0.5, 0.6) is 11.5 Å². The minimum atomic E-state index is -4.51. The van der Waals surface area contributed by atoms with Crippen molar-refractivity contribution in [2.45, 2.75) is 37.4 Å². The fourth-order valence-electron chi connectivity index (χ4n) is 5.14. The van der Waals surface area contributed by atoms with Gasteiger partial charge in [0.2, 0.25) is 10.0 Å². The van der Waals surface area contributed by atoms with Crippen molar-refractivity contribution in [3.63, 3.8) is 0 Å². The molecule has 0 bridgehead atoms. The highest BCUT2D eigenvalue weighted by atomic mass is 32.2. The van der Waals surface area contributed by atoms with Gasteiger partial charge in [-0.1, -0.05) is 44.2 Å². The SMILES string of the molecule is CC(C)C[C@@H]1CN(c2ccccc2)c2cc(Oc3ccc(C(F)(F)F)cc3)c(-c3ccc(F)cc3)cc2S(=O)(=O)N1C. The van der Waals surface area contributed by atoms with Crippen molar-refractivity contribution in [3.8, 4) is 22.6 Å². The van der Waals surface area contributed by atoms with E-state index in [0.29, 0.717) is 29.8 Å². The summed E-state index contributed by atoms with van der Waals surface area (Å²) in [5.41, 5.74) is 1.14. The fourth-order valence-corrected chi connectivity index (χ4v) is 6.70. The molecule has 5 rings (SSSR count). The number of sulfonamides is 1. The number of hydrogen-bond donors (Lipinski definition) is 0. The topological polar surface area (TPSA) is 49.9 Å². The maximum absolute atomic E-state index is 14.1. The molecule has 0 radical (unpaired) electrons. The van der Waals surface area contributed by atoms with Crippen LogP contribution in [0.2, 0.25) is 0 Å². The molecule has 4 aromatic carbocycles. The molecule has 0 N–H and O–H groups in total. The quantitative estimate of drug-likeness (QED) is 0.209. The molecule has 0 amide bonds. The second-order valence-electron chi connectivity index (χ2n) is 10.7. The second-order valence-corrected chi connectivity index (χ2v) is 12.7. The van der Waals surface area contributed by atoms with Gasteiger partial charge in [0, 0.05) is 37.0 Å². The van der Waals surface area contributed by atoms with Gasteiger partial charge in [0.05, 0.1) is 11.3 Å². The van der Waals surface area contributed by atoms with E-state index < -0.39 is 27.6 Å². The van der Waals surface area contributed by atoms with E-state index in [1.807, 2.05) is 49.1 Å². The summed E-state index contributed by atoms with van der Waals surface area (Å²) in [7, 11) is -2.43. The van der Waals surface area contributed by atoms with Gasteiger partial charge in [-0.3, -0.25) is 0 Å². The number of alkyl halides is 3. The number of benzene rings is 4. The van der Waals surface area contributed by atoms with Gasteiger partial charge in [0.1, 0.15) is 22.2 Å². The lowest BCUT2D eigenvalue weighted by atomic mass is 10.0. The molecule has 0 aromatic heterocycles. The summed E-state index contributed by atoms with van der Waals surface area (Å²) in [6.07, 6.45) is -3.89. The van der Waals surface area contributed by atoms with E-state index in [0.717, 1.165) is 17.8 Å². The lowest BCUT2D eigenvalue weighted by Crippen LogP contribution is -2.41. The first kappa shape index (κ1) is 29.6. The van der Waals surface area contributed by atoms with Crippen molar-refractivity contribution >= 4 is 21.4 Å². The van der Waals surface area contributed by atoms with Gasteiger partial charge in [-0.25, -0.2) is 12.8 Å². The maximum Gasteiger partial charge on any atom is 0.416 e. The van der Waals surface area contributed by atoms with E-state index in [1.165, 1.54) is 46.8 Å². The van der Waals surface area contributed by atoms with E-state index in [4.69, 9.17) is 4.74 Å². The van der Waals surface area contributed by atoms with Gasteiger partial charge in [0.15, 0.2) is 0 Å². The van der Waals surface area contributed by atoms with Gasteiger partial charge in [-0.15, -0.1) is 0 Å². The van der Waals surface area contributed by atoms with Crippen LogP contribution in [0.1, 0.15) is 25.8 Å². The van der Waals surface area contributed by atoms with E-state index >= 15 is 0 Å². The van der Waals surface area contributed by atoms with Crippen molar-refractivity contribution < 1.29 is 30.7 Å². The van der Waals surface area contributed by atoms with Crippen molar-refractivity contribution in [1.82, 2.24) is 4.31 Å². The highest BCUT2D eigenvalue weighted by molar-refractivity contribution is 7.89. The zero-order valence-electron chi connectivity index (χ0n) is 23.3. The molecule has 0 spiro atoms. The lowest BCUT2D eigenvalue weighted by Gasteiger charge is -2.30. The molecule has 0 aliphatic carbocycles. The van der Waals surface area contributed by atoms with Gasteiger partial charge >= 0.3 is 6.18 Å². The number of nitrogens with zero attached hydrogens (tertiary/aromatic N) is 2. The standard InChI is InChI=1S/C32H30F4N2O3S/c1-21(2)17-26-20-38(25-7-5-4-6-8-25)29-19-30(41-27-15-11-23(12-16-27)32(34,35)36)28(22-9-13-24(33)14-10-22)18-31(29)42(39,40)37(26)3/h4-16,18-19,21,26H,17,20H2,1-3H3/t26-/m1/s1. The highest BCUT2D eigenvalue weighted by Gasteiger charge is 2.38. The molecule has 0 fully saturated rings. The van der Waals surface area contributed by atoms with E-state index in [-0.39, 0.29) is 28.4 Å². The number of para-hydroxylation sites is 1. The molecule has 220 valence electrons. The van der Waals surface area contributed by atoms with Crippen LogP contribution in [-0.2, 0) is 16.2 Å². The fraction of sp³-hybridized carbons (Fsp3) is 0.250. The molecular weight excluding hydrogens is 568 g/mol. The number of ether oxygens (including phenoxy) is 1. The van der Waals surface area contributed by atoms with Crippen LogP contribution in [0, 0.1) is 11.7 Å². The molecule has 1 atom stereocenters. The summed E-state index contributed by atoms with van der Waals surface area (Å²) in [6, 6.07) is 21.9. The Morgan fingerprint density at radius 2 is 1.57 bits per heavy atom. The van der Waals surface area contributed by atoms with Gasteiger partial charge in [0.25, 0.3) is 0 Å². The summed E-state index contributed by atoms with van der Waals surface area (Å²) in [5, 5.41) is 0. The molecule has 4 aromatic rings. The number of likely N-dealkylation sites (N-methyl/N-ethyl adjacent to an activating group) is 1. The number of halogens is 4. The third kappa shape index (κ3) is 6.00. The number of fused-ring (bicyclic) bond motifs is 1. The summed E-state index contributed by atoms with van der Waals surface area (Å²) in [5.74, 6) is 0.0859. The Morgan fingerprint density at radius 3 is 2.17 bits per heavy atom. The molecule has 0 unspecified atom stereocenters. The van der Waals surface area contributed by atoms with Crippen molar-refractivity contribution in [1.29, 1.82) is 0 Å². The van der Waals surface area contributed by atoms with E-state index in [1.54, 1.807) is 13.1 Å². The number of hydrogen-bond acceptors (Lipinski definition) is 4. The van der Waals surface area contributed by atoms with Gasteiger partial charge < -0.3 is 9.64 Å². The average Bonchev–Trinajstić information content (AvgIpc) is 3.02. The minimum Gasteiger partial charge on any atom is -0.457 e. The Balaban J connectivity index is 1.73. The largest absolute Gasteiger partial charge is 0.457 e. The maximum atomic E-state index is 14.1. The number of anilines is 2. The third-order valence-corrected chi connectivity index (χ3v) is 9.23. The smallest absolute Gasteiger partial charge is 0.416 e. The summed E-state index contributed by atoms with van der Waals surface area (Å²) >= 11 is 0. The zero-order valence-corrected chi connectivity index (χ0v) is 24.1. The lowest BCUT2D eigenvalue weighted by molar-refractivity contribution is -0.137. The zero-order chi connectivity index (χ0) is 30.2. The Kier molecular flexibility index (Phi) is 8.04. The minimum absolute atomic E-state index is 0.0409. The molecule has 0 saturated heterocycles. The van der Waals surface area contributed by atoms with Crippen LogP contribution in [0.4, 0.5) is 28.9 Å². The third-order valence-electron chi connectivity index (χ3n) is 7.29. The summed E-state index contributed by atoms with van der Waals surface area (Å²) < 4.78 is 89.2. The predicted molar refractivity (Wildman–Crippen MR) is 155 cm³/mol.